The highest BCUT2D eigenvalue weighted by Crippen LogP contribution is 2.49. The normalized spacial score (nSPS) is 16.2. The summed E-state index contributed by atoms with van der Waals surface area (Å²) in [6.07, 6.45) is 0. The van der Waals surface area contributed by atoms with Crippen molar-refractivity contribution in [3.8, 4) is 0 Å². The third kappa shape index (κ3) is 3.79. The maximum atomic E-state index is 4.38. The first-order valence-electron chi connectivity index (χ1n) is 9.43. The van der Waals surface area contributed by atoms with Gasteiger partial charge in [-0.05, 0) is 46.6 Å². The number of rotatable bonds is 0. The molecular formula is C25H34. The fourth-order valence-electron chi connectivity index (χ4n) is 3.55. The van der Waals surface area contributed by atoms with Crippen LogP contribution in [0.3, 0.4) is 0 Å². The van der Waals surface area contributed by atoms with Crippen LogP contribution >= 0.6 is 0 Å². The molecule has 0 heteroatoms. The van der Waals surface area contributed by atoms with E-state index in [4.69, 9.17) is 0 Å². The summed E-state index contributed by atoms with van der Waals surface area (Å²) in [6.45, 7) is 25.5. The minimum Gasteiger partial charge on any atom is -0.0911 e. The van der Waals surface area contributed by atoms with Crippen molar-refractivity contribution in [1.29, 1.82) is 0 Å². The molecular weight excluding hydrogens is 300 g/mol. The average Bonchev–Trinajstić information content (AvgIpc) is 2.78. The molecule has 0 heterocycles. The Morgan fingerprint density at radius 1 is 0.760 bits per heavy atom. The van der Waals surface area contributed by atoms with E-state index in [2.05, 4.69) is 77.3 Å². The summed E-state index contributed by atoms with van der Waals surface area (Å²) in [5.41, 5.74) is 7.63. The molecule has 0 spiro atoms. The van der Waals surface area contributed by atoms with E-state index in [-0.39, 0.29) is 5.41 Å². The van der Waals surface area contributed by atoms with Crippen LogP contribution in [0, 0.1) is 13.8 Å². The molecule has 0 saturated heterocycles. The molecule has 0 unspecified atom stereocenters. The van der Waals surface area contributed by atoms with Crippen LogP contribution in [-0.2, 0) is 5.41 Å². The molecule has 2 aromatic carbocycles. The zero-order chi connectivity index (χ0) is 19.4. The van der Waals surface area contributed by atoms with Crippen molar-refractivity contribution in [3.63, 3.8) is 0 Å². The van der Waals surface area contributed by atoms with E-state index >= 15 is 0 Å². The molecule has 0 atom stereocenters. The van der Waals surface area contributed by atoms with E-state index in [1.807, 2.05) is 27.7 Å². The first-order chi connectivity index (χ1) is 11.8. The van der Waals surface area contributed by atoms with Gasteiger partial charge in [-0.2, -0.15) is 0 Å². The van der Waals surface area contributed by atoms with Gasteiger partial charge in [0.25, 0.3) is 0 Å². The molecule has 0 bridgehead atoms. The van der Waals surface area contributed by atoms with Gasteiger partial charge in [-0.15, -0.1) is 0 Å². The van der Waals surface area contributed by atoms with Crippen molar-refractivity contribution in [2.24, 2.45) is 0 Å². The monoisotopic (exact) mass is 334 g/mol. The standard InChI is InChI=1S/C21H22.2C2H6/c1-13-7-9-17(15(3)11-13)20-16(4)18-10-8-14(2)12-19(18)21(20,5)6;2*1-2/h7-12H,3-4H2,1-2,5-6H3;2*1-2H3/b20-17+;;. The maximum absolute atomic E-state index is 4.38. The van der Waals surface area contributed by atoms with E-state index in [0.717, 1.165) is 10.8 Å². The van der Waals surface area contributed by atoms with Crippen molar-refractivity contribution in [1.82, 2.24) is 0 Å². The Hall–Kier alpha value is -2.08. The number of aryl methyl sites for hydroxylation is 2. The average molecular weight is 335 g/mol. The Morgan fingerprint density at radius 3 is 1.84 bits per heavy atom. The Bertz CT molecular complexity index is 863. The van der Waals surface area contributed by atoms with Crippen molar-refractivity contribution in [3.05, 3.63) is 75.7 Å². The van der Waals surface area contributed by atoms with E-state index in [1.165, 1.54) is 33.0 Å². The zero-order valence-electron chi connectivity index (χ0n) is 17.4. The maximum Gasteiger partial charge on any atom is 0.0164 e. The number of benzene rings is 2. The van der Waals surface area contributed by atoms with E-state index < -0.39 is 0 Å². The number of hydrogen-bond acceptors (Lipinski definition) is 0. The summed E-state index contributed by atoms with van der Waals surface area (Å²) in [5.74, 6) is 0. The van der Waals surface area contributed by atoms with Crippen molar-refractivity contribution < 1.29 is 0 Å². The van der Waals surface area contributed by atoms with E-state index in [1.54, 1.807) is 0 Å². The molecule has 25 heavy (non-hydrogen) atoms. The predicted molar refractivity (Wildman–Crippen MR) is 115 cm³/mol. The summed E-state index contributed by atoms with van der Waals surface area (Å²) in [6, 6.07) is 13.2. The summed E-state index contributed by atoms with van der Waals surface area (Å²) >= 11 is 0. The van der Waals surface area contributed by atoms with Gasteiger partial charge in [0, 0.05) is 5.41 Å². The van der Waals surface area contributed by atoms with Gasteiger partial charge in [0.15, 0.2) is 0 Å². The van der Waals surface area contributed by atoms with Crippen LogP contribution in [0.1, 0.15) is 63.8 Å². The van der Waals surface area contributed by atoms with Crippen LogP contribution in [0.2, 0.25) is 0 Å². The first-order valence-corrected chi connectivity index (χ1v) is 9.43. The van der Waals surface area contributed by atoms with Crippen LogP contribution in [0.4, 0.5) is 0 Å². The molecule has 1 aliphatic carbocycles. The summed E-state index contributed by atoms with van der Waals surface area (Å²) in [4.78, 5) is 0. The third-order valence-corrected chi connectivity index (χ3v) is 4.63. The molecule has 0 aliphatic heterocycles. The Kier molecular flexibility index (Phi) is 6.99. The van der Waals surface area contributed by atoms with Crippen LogP contribution in [0.5, 0.6) is 0 Å². The molecule has 0 fully saturated rings. The topological polar surface area (TPSA) is 0 Å². The lowest BCUT2D eigenvalue weighted by Crippen LogP contribution is -2.31. The smallest absolute Gasteiger partial charge is 0.0164 e. The number of allylic oxidation sites excluding steroid dienone is 1. The summed E-state index contributed by atoms with van der Waals surface area (Å²) < 4.78 is 0. The van der Waals surface area contributed by atoms with Gasteiger partial charge in [0.1, 0.15) is 0 Å². The fourth-order valence-corrected chi connectivity index (χ4v) is 3.55. The first kappa shape index (κ1) is 21.0. The molecule has 1 aliphatic rings. The molecule has 0 N–H and O–H groups in total. The quantitative estimate of drug-likeness (QED) is 0.561. The van der Waals surface area contributed by atoms with Gasteiger partial charge in [0.2, 0.25) is 0 Å². The minimum atomic E-state index is -0.0276. The van der Waals surface area contributed by atoms with Gasteiger partial charge in [-0.3, -0.25) is 0 Å². The van der Waals surface area contributed by atoms with Crippen molar-refractivity contribution in [2.75, 3.05) is 0 Å². The molecule has 134 valence electrons. The molecule has 0 radical (unpaired) electrons. The van der Waals surface area contributed by atoms with Gasteiger partial charge >= 0.3 is 0 Å². The van der Waals surface area contributed by atoms with Crippen LogP contribution in [-0.4, -0.2) is 0 Å². The fraction of sp³-hybridized carbons (Fsp3) is 0.360. The SMILES string of the molecule is C=C1/C(=c2/ccc(C)cc2=C)C(C)(C)c2cc(C)ccc21.CC.CC. The Morgan fingerprint density at radius 2 is 1.28 bits per heavy atom. The van der Waals surface area contributed by atoms with Gasteiger partial charge in [-0.1, -0.05) is 102 Å². The molecule has 0 nitrogen and oxygen atoms in total. The van der Waals surface area contributed by atoms with Crippen LogP contribution in [0.25, 0.3) is 17.7 Å². The summed E-state index contributed by atoms with van der Waals surface area (Å²) in [5, 5.41) is 2.31. The van der Waals surface area contributed by atoms with Crippen LogP contribution in [0.15, 0.2) is 43.0 Å². The Balaban J connectivity index is 0.000000730. The minimum absolute atomic E-state index is 0.0276. The lowest BCUT2D eigenvalue weighted by atomic mass is 9.80. The molecule has 3 rings (SSSR count). The molecule has 0 amide bonds. The van der Waals surface area contributed by atoms with Crippen molar-refractivity contribution in [2.45, 2.75) is 60.8 Å². The van der Waals surface area contributed by atoms with Gasteiger partial charge in [-0.25, -0.2) is 0 Å². The molecule has 2 aromatic rings. The van der Waals surface area contributed by atoms with Gasteiger partial charge < -0.3 is 0 Å². The zero-order valence-corrected chi connectivity index (χ0v) is 17.4. The predicted octanol–water partition coefficient (Wildman–Crippen LogP) is 5.92. The second-order valence-corrected chi connectivity index (χ2v) is 6.69. The highest BCUT2D eigenvalue weighted by atomic mass is 14.4. The lowest BCUT2D eigenvalue weighted by Gasteiger charge is -2.22. The van der Waals surface area contributed by atoms with E-state index in [9.17, 15) is 0 Å². The lowest BCUT2D eigenvalue weighted by molar-refractivity contribution is 0.708. The largest absolute Gasteiger partial charge is 0.0911 e. The Labute approximate surface area is 154 Å². The second kappa shape index (κ2) is 8.34. The molecule has 0 aromatic heterocycles. The van der Waals surface area contributed by atoms with Crippen LogP contribution < -0.4 is 10.4 Å². The van der Waals surface area contributed by atoms with E-state index in [0.29, 0.717) is 0 Å². The van der Waals surface area contributed by atoms with Crippen molar-refractivity contribution >= 4 is 17.7 Å². The third-order valence-electron chi connectivity index (χ3n) is 4.63. The highest BCUT2D eigenvalue weighted by Gasteiger charge is 2.37. The highest BCUT2D eigenvalue weighted by molar-refractivity contribution is 6.06. The van der Waals surface area contributed by atoms with Gasteiger partial charge in [0.05, 0.1) is 0 Å². The summed E-state index contributed by atoms with van der Waals surface area (Å²) in [7, 11) is 0. The number of fused-ring (bicyclic) bond motifs is 1. The molecule has 0 saturated carbocycles. The number of hydrogen-bond donors (Lipinski definition) is 0. The second-order valence-electron chi connectivity index (χ2n) is 6.69.